The summed E-state index contributed by atoms with van der Waals surface area (Å²) in [5, 5.41) is 9.92. The molecular formula is C13H21N5O2S. The SMILES string of the molecule is CCCN(N=O)c1nc2c(s1)CC(N(CCC)N=O)CC2. The average molecular weight is 311 g/mol. The maximum absolute atomic E-state index is 11.0. The summed E-state index contributed by atoms with van der Waals surface area (Å²) in [7, 11) is 0. The Kier molecular flexibility index (Phi) is 5.60. The van der Waals surface area contributed by atoms with Crippen LogP contribution in [0.5, 0.6) is 0 Å². The second-order valence-electron chi connectivity index (χ2n) is 5.21. The van der Waals surface area contributed by atoms with Crippen LogP contribution in [-0.4, -0.2) is 29.1 Å². The Labute approximate surface area is 128 Å². The second-order valence-corrected chi connectivity index (χ2v) is 6.27. The van der Waals surface area contributed by atoms with Gasteiger partial charge in [-0.1, -0.05) is 25.2 Å². The molecular weight excluding hydrogens is 290 g/mol. The van der Waals surface area contributed by atoms with Gasteiger partial charge in [0.1, 0.15) is 0 Å². The first-order valence-electron chi connectivity index (χ1n) is 7.42. The Morgan fingerprint density at radius 2 is 2.00 bits per heavy atom. The lowest BCUT2D eigenvalue weighted by Gasteiger charge is -2.28. The Hall–Kier alpha value is -1.57. The smallest absolute Gasteiger partial charge is 0.209 e. The molecule has 1 aliphatic rings. The zero-order valence-electron chi connectivity index (χ0n) is 12.5. The van der Waals surface area contributed by atoms with E-state index in [0.29, 0.717) is 18.2 Å². The number of rotatable bonds is 8. The van der Waals surface area contributed by atoms with Crippen LogP contribution in [0, 0.1) is 9.81 Å². The molecule has 7 nitrogen and oxygen atoms in total. The van der Waals surface area contributed by atoms with Gasteiger partial charge in [0.2, 0.25) is 5.13 Å². The van der Waals surface area contributed by atoms with Crippen molar-refractivity contribution in [3.8, 4) is 0 Å². The molecule has 0 radical (unpaired) electrons. The highest BCUT2D eigenvalue weighted by atomic mass is 32.1. The largest absolute Gasteiger partial charge is 0.257 e. The molecule has 1 aromatic heterocycles. The third kappa shape index (κ3) is 3.55. The van der Waals surface area contributed by atoms with E-state index < -0.39 is 0 Å². The third-order valence-electron chi connectivity index (χ3n) is 3.64. The van der Waals surface area contributed by atoms with Gasteiger partial charge in [0.05, 0.1) is 22.3 Å². The van der Waals surface area contributed by atoms with E-state index in [4.69, 9.17) is 0 Å². The molecule has 0 bridgehead atoms. The van der Waals surface area contributed by atoms with Crippen LogP contribution in [-0.2, 0) is 12.8 Å². The van der Waals surface area contributed by atoms with E-state index >= 15 is 0 Å². The summed E-state index contributed by atoms with van der Waals surface area (Å²) in [5.41, 5.74) is 1.04. The van der Waals surface area contributed by atoms with Gasteiger partial charge in [-0.2, -0.15) is 0 Å². The molecule has 21 heavy (non-hydrogen) atoms. The Morgan fingerprint density at radius 1 is 1.24 bits per heavy atom. The normalized spacial score (nSPS) is 17.1. The zero-order valence-corrected chi connectivity index (χ0v) is 13.3. The van der Waals surface area contributed by atoms with Gasteiger partial charge < -0.3 is 0 Å². The standard InChI is InChI=1S/C13H21N5O2S/c1-3-7-17(15-19)10-5-6-11-12(9-10)21-13(14-11)18(16-20)8-4-2/h10H,3-9H2,1-2H3. The van der Waals surface area contributed by atoms with Crippen LogP contribution in [0.1, 0.15) is 43.7 Å². The number of hydrogen-bond donors (Lipinski definition) is 0. The van der Waals surface area contributed by atoms with E-state index in [1.807, 2.05) is 13.8 Å². The molecule has 0 N–H and O–H groups in total. The molecule has 1 aromatic rings. The number of aromatic nitrogens is 1. The van der Waals surface area contributed by atoms with Gasteiger partial charge >= 0.3 is 0 Å². The quantitative estimate of drug-likeness (QED) is 0.544. The van der Waals surface area contributed by atoms with Gasteiger partial charge in [0.25, 0.3) is 0 Å². The van der Waals surface area contributed by atoms with Gasteiger partial charge in [-0.15, -0.1) is 9.81 Å². The molecule has 1 aliphatic carbocycles. The van der Waals surface area contributed by atoms with Crippen LogP contribution >= 0.6 is 11.3 Å². The van der Waals surface area contributed by atoms with Crippen molar-refractivity contribution >= 4 is 16.5 Å². The summed E-state index contributed by atoms with van der Waals surface area (Å²) >= 11 is 1.51. The van der Waals surface area contributed by atoms with Gasteiger partial charge in [-0.05, 0) is 25.7 Å². The minimum atomic E-state index is 0.145. The molecule has 2 rings (SSSR count). The number of hydrogen-bond acceptors (Lipinski definition) is 6. The lowest BCUT2D eigenvalue weighted by Crippen LogP contribution is -2.35. The average Bonchev–Trinajstić information content (AvgIpc) is 2.92. The fraction of sp³-hybridized carbons (Fsp3) is 0.769. The summed E-state index contributed by atoms with van der Waals surface area (Å²) in [6.07, 6.45) is 4.23. The Balaban J connectivity index is 2.12. The van der Waals surface area contributed by atoms with Crippen molar-refractivity contribution in [3.05, 3.63) is 20.4 Å². The molecule has 0 saturated heterocycles. The van der Waals surface area contributed by atoms with Crippen molar-refractivity contribution in [3.63, 3.8) is 0 Å². The molecule has 8 heteroatoms. The van der Waals surface area contributed by atoms with E-state index in [1.165, 1.54) is 16.3 Å². The maximum atomic E-state index is 11.0. The lowest BCUT2D eigenvalue weighted by atomic mass is 9.97. The summed E-state index contributed by atoms with van der Waals surface area (Å²) in [6, 6.07) is 0.145. The fourth-order valence-corrected chi connectivity index (χ4v) is 3.76. The number of thiazole rings is 1. The van der Waals surface area contributed by atoms with Crippen molar-refractivity contribution in [2.45, 2.75) is 52.0 Å². The number of aryl methyl sites for hydroxylation is 1. The van der Waals surface area contributed by atoms with Gasteiger partial charge in [0.15, 0.2) is 0 Å². The molecule has 0 saturated carbocycles. The first kappa shape index (κ1) is 15.8. The highest BCUT2D eigenvalue weighted by Crippen LogP contribution is 2.33. The summed E-state index contributed by atoms with van der Waals surface area (Å²) in [5.74, 6) is 0. The molecule has 116 valence electrons. The number of nitrogens with zero attached hydrogens (tertiary/aromatic N) is 5. The van der Waals surface area contributed by atoms with Crippen LogP contribution < -0.4 is 5.01 Å². The van der Waals surface area contributed by atoms with Crippen molar-refractivity contribution < 1.29 is 0 Å². The molecule has 1 heterocycles. The van der Waals surface area contributed by atoms with Crippen LogP contribution in [0.15, 0.2) is 10.6 Å². The van der Waals surface area contributed by atoms with Crippen molar-refractivity contribution in [1.29, 1.82) is 0 Å². The highest BCUT2D eigenvalue weighted by Gasteiger charge is 2.28. The Morgan fingerprint density at radius 3 is 2.62 bits per heavy atom. The zero-order chi connectivity index (χ0) is 15.2. The monoisotopic (exact) mass is 311 g/mol. The van der Waals surface area contributed by atoms with E-state index in [9.17, 15) is 9.81 Å². The number of anilines is 1. The Bertz CT molecular complexity index is 493. The number of nitroso groups, excluding NO2 is 2. The third-order valence-corrected chi connectivity index (χ3v) is 4.77. The van der Waals surface area contributed by atoms with Crippen LogP contribution in [0.2, 0.25) is 0 Å². The molecule has 0 aliphatic heterocycles. The van der Waals surface area contributed by atoms with E-state index in [1.54, 1.807) is 5.01 Å². The van der Waals surface area contributed by atoms with E-state index in [0.717, 1.165) is 42.7 Å². The van der Waals surface area contributed by atoms with Crippen LogP contribution in [0.3, 0.4) is 0 Å². The van der Waals surface area contributed by atoms with Crippen molar-refractivity contribution in [2.24, 2.45) is 10.6 Å². The van der Waals surface area contributed by atoms with Crippen LogP contribution in [0.4, 0.5) is 5.13 Å². The van der Waals surface area contributed by atoms with Crippen LogP contribution in [0.25, 0.3) is 0 Å². The molecule has 1 unspecified atom stereocenters. The second kappa shape index (κ2) is 7.44. The van der Waals surface area contributed by atoms with Gasteiger partial charge in [0, 0.05) is 24.4 Å². The molecule has 0 amide bonds. The number of fused-ring (bicyclic) bond motifs is 1. The lowest BCUT2D eigenvalue weighted by molar-refractivity contribution is 0.185. The fourth-order valence-electron chi connectivity index (χ4n) is 2.61. The van der Waals surface area contributed by atoms with Crippen molar-refractivity contribution in [2.75, 3.05) is 18.1 Å². The summed E-state index contributed by atoms with van der Waals surface area (Å²) in [6.45, 7) is 5.31. The molecule has 0 fully saturated rings. The molecule has 0 spiro atoms. The minimum Gasteiger partial charge on any atom is -0.257 e. The first-order chi connectivity index (χ1) is 10.2. The highest BCUT2D eigenvalue weighted by molar-refractivity contribution is 7.15. The predicted octanol–water partition coefficient (Wildman–Crippen LogP) is 3.29. The predicted molar refractivity (Wildman–Crippen MR) is 84.2 cm³/mol. The van der Waals surface area contributed by atoms with E-state index in [2.05, 4.69) is 15.6 Å². The minimum absolute atomic E-state index is 0.145. The summed E-state index contributed by atoms with van der Waals surface area (Å²) < 4.78 is 0. The van der Waals surface area contributed by atoms with Gasteiger partial charge in [-0.25, -0.2) is 9.99 Å². The van der Waals surface area contributed by atoms with Crippen molar-refractivity contribution in [1.82, 2.24) is 9.99 Å². The maximum Gasteiger partial charge on any atom is 0.209 e. The topological polar surface area (TPSA) is 78.2 Å². The van der Waals surface area contributed by atoms with Gasteiger partial charge in [-0.3, -0.25) is 5.01 Å². The first-order valence-corrected chi connectivity index (χ1v) is 8.24. The summed E-state index contributed by atoms with van der Waals surface area (Å²) in [4.78, 5) is 27.5. The van der Waals surface area contributed by atoms with E-state index in [-0.39, 0.29) is 6.04 Å². The molecule has 0 aromatic carbocycles. The molecule has 1 atom stereocenters.